The Morgan fingerprint density at radius 3 is 2.42 bits per heavy atom. The van der Waals surface area contributed by atoms with E-state index in [1.165, 1.54) is 12.8 Å². The van der Waals surface area contributed by atoms with Crippen LogP contribution in [0.25, 0.3) is 0 Å². The summed E-state index contributed by atoms with van der Waals surface area (Å²) in [6, 6.07) is 0.672. The maximum atomic E-state index is 13.0. The van der Waals surface area contributed by atoms with Crippen LogP contribution in [-0.4, -0.2) is 43.8 Å². The molecule has 2 fully saturated rings. The lowest BCUT2D eigenvalue weighted by Crippen LogP contribution is -2.40. The number of hydrogen-bond acceptors (Lipinski definition) is 2. The number of halogens is 3. The zero-order valence-electron chi connectivity index (χ0n) is 11.7. The number of alkyl halides is 3. The highest BCUT2D eigenvalue weighted by molar-refractivity contribution is 4.83. The molecule has 2 unspecified atom stereocenters. The minimum Gasteiger partial charge on any atom is -0.313 e. The molecule has 0 spiro atoms. The second-order valence-electron chi connectivity index (χ2n) is 6.18. The Hall–Kier alpha value is -0.290. The van der Waals surface area contributed by atoms with Crippen LogP contribution >= 0.6 is 0 Å². The molecule has 5 heteroatoms. The van der Waals surface area contributed by atoms with E-state index in [2.05, 4.69) is 10.2 Å². The monoisotopic (exact) mass is 278 g/mol. The van der Waals surface area contributed by atoms with Crippen molar-refractivity contribution in [1.82, 2.24) is 10.2 Å². The van der Waals surface area contributed by atoms with Gasteiger partial charge in [0.25, 0.3) is 0 Å². The second-order valence-corrected chi connectivity index (χ2v) is 6.18. The van der Waals surface area contributed by atoms with E-state index in [0.29, 0.717) is 19.0 Å². The molecule has 2 nitrogen and oxygen atoms in total. The maximum absolute atomic E-state index is 13.0. The molecule has 0 aromatic carbocycles. The summed E-state index contributed by atoms with van der Waals surface area (Å²) in [7, 11) is 1.94. The Morgan fingerprint density at radius 2 is 1.79 bits per heavy atom. The Labute approximate surface area is 113 Å². The Morgan fingerprint density at radius 1 is 1.11 bits per heavy atom. The first-order valence-corrected chi connectivity index (χ1v) is 7.45. The van der Waals surface area contributed by atoms with Gasteiger partial charge in [-0.3, -0.25) is 0 Å². The molecule has 0 aromatic heterocycles. The standard InChI is InChI=1S/C14H25F3N2/c1-19(9-8-18-12-6-7-12)10-11-4-2-3-5-13(11)14(15,16)17/h11-13,18H,2-10H2,1H3. The van der Waals surface area contributed by atoms with E-state index >= 15 is 0 Å². The van der Waals surface area contributed by atoms with Gasteiger partial charge in [-0.2, -0.15) is 13.2 Å². The van der Waals surface area contributed by atoms with Crippen molar-refractivity contribution in [2.75, 3.05) is 26.7 Å². The summed E-state index contributed by atoms with van der Waals surface area (Å²) in [5.41, 5.74) is 0. The van der Waals surface area contributed by atoms with E-state index in [0.717, 1.165) is 32.4 Å². The fraction of sp³-hybridized carbons (Fsp3) is 1.00. The summed E-state index contributed by atoms with van der Waals surface area (Å²) in [4.78, 5) is 2.06. The topological polar surface area (TPSA) is 15.3 Å². The minimum absolute atomic E-state index is 0.209. The number of nitrogens with one attached hydrogen (secondary N) is 1. The summed E-state index contributed by atoms with van der Waals surface area (Å²) in [6.45, 7) is 2.32. The number of likely N-dealkylation sites (N-methyl/N-ethyl adjacent to an activating group) is 1. The summed E-state index contributed by atoms with van der Waals surface area (Å²) in [5.74, 6) is -1.29. The van der Waals surface area contributed by atoms with Gasteiger partial charge in [0.2, 0.25) is 0 Å². The summed E-state index contributed by atoms with van der Waals surface area (Å²) >= 11 is 0. The first kappa shape index (κ1) is 15.1. The molecule has 2 atom stereocenters. The van der Waals surface area contributed by atoms with Crippen molar-refractivity contribution < 1.29 is 13.2 Å². The Bertz CT molecular complexity index is 276. The summed E-state index contributed by atoms with van der Waals surface area (Å²) in [5, 5.41) is 3.40. The molecule has 1 N–H and O–H groups in total. The van der Waals surface area contributed by atoms with Crippen LogP contribution in [0.4, 0.5) is 13.2 Å². The van der Waals surface area contributed by atoms with E-state index in [1.54, 1.807) is 0 Å². The van der Waals surface area contributed by atoms with Crippen molar-refractivity contribution in [3.8, 4) is 0 Å². The van der Waals surface area contributed by atoms with Crippen LogP contribution in [0.2, 0.25) is 0 Å². The molecular weight excluding hydrogens is 253 g/mol. The van der Waals surface area contributed by atoms with Crippen molar-refractivity contribution in [2.24, 2.45) is 11.8 Å². The molecule has 0 heterocycles. The highest BCUT2D eigenvalue weighted by Crippen LogP contribution is 2.41. The smallest absolute Gasteiger partial charge is 0.313 e. The minimum atomic E-state index is -4.02. The van der Waals surface area contributed by atoms with Crippen molar-refractivity contribution in [3.63, 3.8) is 0 Å². The third-order valence-corrected chi connectivity index (χ3v) is 4.38. The van der Waals surface area contributed by atoms with Crippen LogP contribution in [0.1, 0.15) is 38.5 Å². The molecule has 2 aliphatic rings. The number of rotatable bonds is 6. The lowest BCUT2D eigenvalue weighted by atomic mass is 9.78. The fourth-order valence-corrected chi connectivity index (χ4v) is 3.10. The van der Waals surface area contributed by atoms with Crippen molar-refractivity contribution in [1.29, 1.82) is 0 Å². The van der Waals surface area contributed by atoms with E-state index < -0.39 is 12.1 Å². The normalized spacial score (nSPS) is 28.9. The average Bonchev–Trinajstić information content (AvgIpc) is 3.12. The fourth-order valence-electron chi connectivity index (χ4n) is 3.10. The molecule has 112 valence electrons. The predicted octanol–water partition coefficient (Wildman–Crippen LogP) is 3.04. The van der Waals surface area contributed by atoms with Gasteiger partial charge in [-0.15, -0.1) is 0 Å². The van der Waals surface area contributed by atoms with Gasteiger partial charge in [0.05, 0.1) is 5.92 Å². The molecular formula is C14H25F3N2. The van der Waals surface area contributed by atoms with Gasteiger partial charge >= 0.3 is 6.18 Å². The van der Waals surface area contributed by atoms with E-state index in [-0.39, 0.29) is 5.92 Å². The quantitative estimate of drug-likeness (QED) is 0.803. The van der Waals surface area contributed by atoms with E-state index in [1.807, 2.05) is 7.05 Å². The maximum Gasteiger partial charge on any atom is 0.392 e. The third kappa shape index (κ3) is 4.95. The molecule has 19 heavy (non-hydrogen) atoms. The molecule has 0 radical (unpaired) electrons. The highest BCUT2D eigenvalue weighted by atomic mass is 19.4. The van der Waals surface area contributed by atoms with Crippen molar-refractivity contribution in [3.05, 3.63) is 0 Å². The van der Waals surface area contributed by atoms with Gasteiger partial charge in [-0.25, -0.2) is 0 Å². The highest BCUT2D eigenvalue weighted by Gasteiger charge is 2.45. The van der Waals surface area contributed by atoms with Crippen molar-refractivity contribution in [2.45, 2.75) is 50.7 Å². The molecule has 0 saturated heterocycles. The lowest BCUT2D eigenvalue weighted by Gasteiger charge is -2.35. The number of nitrogens with zero attached hydrogens (tertiary/aromatic N) is 1. The SMILES string of the molecule is CN(CCNC1CC1)CC1CCCCC1C(F)(F)F. The van der Waals surface area contributed by atoms with Crippen LogP contribution in [0.5, 0.6) is 0 Å². The van der Waals surface area contributed by atoms with Crippen LogP contribution in [-0.2, 0) is 0 Å². The van der Waals surface area contributed by atoms with Crippen LogP contribution in [0.15, 0.2) is 0 Å². The van der Waals surface area contributed by atoms with Crippen molar-refractivity contribution >= 4 is 0 Å². The first-order valence-electron chi connectivity index (χ1n) is 7.45. The summed E-state index contributed by atoms with van der Waals surface area (Å²) < 4.78 is 38.9. The van der Waals surface area contributed by atoms with Crippen LogP contribution in [0.3, 0.4) is 0 Å². The second kappa shape index (κ2) is 6.44. The molecule has 2 aliphatic carbocycles. The average molecular weight is 278 g/mol. The Kier molecular flexibility index (Phi) is 5.12. The van der Waals surface area contributed by atoms with Gasteiger partial charge in [-0.1, -0.05) is 12.8 Å². The van der Waals surface area contributed by atoms with Gasteiger partial charge in [0, 0.05) is 25.7 Å². The molecule has 0 bridgehead atoms. The third-order valence-electron chi connectivity index (χ3n) is 4.38. The molecule has 0 amide bonds. The van der Waals surface area contributed by atoms with Crippen LogP contribution < -0.4 is 5.32 Å². The van der Waals surface area contributed by atoms with Gasteiger partial charge in [-0.05, 0) is 38.6 Å². The predicted molar refractivity (Wildman–Crippen MR) is 70.0 cm³/mol. The molecule has 2 saturated carbocycles. The number of hydrogen-bond donors (Lipinski definition) is 1. The first-order chi connectivity index (χ1) is 8.97. The van der Waals surface area contributed by atoms with Gasteiger partial charge < -0.3 is 10.2 Å². The Balaban J connectivity index is 1.74. The molecule has 2 rings (SSSR count). The van der Waals surface area contributed by atoms with E-state index in [4.69, 9.17) is 0 Å². The summed E-state index contributed by atoms with van der Waals surface area (Å²) in [6.07, 6.45) is 1.22. The largest absolute Gasteiger partial charge is 0.392 e. The molecule has 0 aromatic rings. The molecule has 0 aliphatic heterocycles. The van der Waals surface area contributed by atoms with Crippen LogP contribution in [0, 0.1) is 11.8 Å². The lowest BCUT2D eigenvalue weighted by molar-refractivity contribution is -0.197. The zero-order chi connectivity index (χ0) is 13.9. The zero-order valence-corrected chi connectivity index (χ0v) is 11.7. The van der Waals surface area contributed by atoms with Gasteiger partial charge in [0.15, 0.2) is 0 Å². The van der Waals surface area contributed by atoms with Gasteiger partial charge in [0.1, 0.15) is 0 Å². The van der Waals surface area contributed by atoms with E-state index in [9.17, 15) is 13.2 Å².